The van der Waals surface area contributed by atoms with Crippen molar-refractivity contribution < 1.29 is 14.3 Å². The van der Waals surface area contributed by atoms with Crippen LogP contribution >= 0.6 is 0 Å². The number of nitrogens with zero attached hydrogens (tertiary/aromatic N) is 2. The van der Waals surface area contributed by atoms with Gasteiger partial charge in [-0.15, -0.1) is 0 Å². The lowest BCUT2D eigenvalue weighted by Crippen LogP contribution is -2.53. The first kappa shape index (κ1) is 14.8. The Bertz CT molecular complexity index is 304. The maximum absolute atomic E-state index is 12.4. The van der Waals surface area contributed by atoms with Crippen molar-refractivity contribution in [2.45, 2.75) is 52.1 Å². The van der Waals surface area contributed by atoms with Gasteiger partial charge in [-0.05, 0) is 27.7 Å². The summed E-state index contributed by atoms with van der Waals surface area (Å²) in [5.74, 6) is 0.211. The van der Waals surface area contributed by atoms with E-state index in [9.17, 15) is 4.79 Å². The Morgan fingerprint density at radius 1 is 0.895 bits per heavy atom. The average Bonchev–Trinajstić information content (AvgIpc) is 2.25. The normalized spacial score (nSPS) is 37.4. The Balaban J connectivity index is 1.86. The fourth-order valence-corrected chi connectivity index (χ4v) is 3.09. The van der Waals surface area contributed by atoms with Crippen LogP contribution < -0.4 is 0 Å². The molecular formula is C14H26N2O3. The lowest BCUT2D eigenvalue weighted by molar-refractivity contribution is -0.147. The quantitative estimate of drug-likeness (QED) is 0.742. The minimum Gasteiger partial charge on any atom is -0.373 e. The molecule has 0 aromatic heterocycles. The summed E-state index contributed by atoms with van der Waals surface area (Å²) in [4.78, 5) is 16.5. The molecule has 2 rings (SSSR count). The Labute approximate surface area is 115 Å². The largest absolute Gasteiger partial charge is 0.373 e. The van der Waals surface area contributed by atoms with Gasteiger partial charge in [-0.2, -0.15) is 0 Å². The van der Waals surface area contributed by atoms with Crippen LogP contribution in [-0.4, -0.2) is 72.8 Å². The van der Waals surface area contributed by atoms with Crippen LogP contribution in [0, 0.1) is 0 Å². The van der Waals surface area contributed by atoms with Gasteiger partial charge in [0.2, 0.25) is 5.91 Å². The van der Waals surface area contributed by atoms with Gasteiger partial charge >= 0.3 is 0 Å². The van der Waals surface area contributed by atoms with Crippen LogP contribution in [0.5, 0.6) is 0 Å². The molecule has 0 aromatic carbocycles. The van der Waals surface area contributed by atoms with Crippen LogP contribution in [0.2, 0.25) is 0 Å². The number of amides is 1. The number of morpholine rings is 2. The first-order chi connectivity index (χ1) is 8.94. The van der Waals surface area contributed by atoms with E-state index in [0.29, 0.717) is 19.6 Å². The summed E-state index contributed by atoms with van der Waals surface area (Å²) in [5, 5.41) is 0. The van der Waals surface area contributed by atoms with Crippen molar-refractivity contribution in [1.29, 1.82) is 0 Å². The van der Waals surface area contributed by atoms with Gasteiger partial charge in [-0.25, -0.2) is 0 Å². The van der Waals surface area contributed by atoms with Crippen LogP contribution in [0.4, 0.5) is 0 Å². The number of carbonyl (C=O) groups excluding carboxylic acids is 1. The standard InChI is InChI=1S/C14H26N2O3/c1-10-5-15(6-11(2)18-10)9-14(17)16-7-12(3)19-13(4)8-16/h10-13H,5-9H2,1-4H3. The number of carbonyl (C=O) groups is 1. The van der Waals surface area contributed by atoms with Gasteiger partial charge in [0.05, 0.1) is 31.0 Å². The maximum Gasteiger partial charge on any atom is 0.236 e. The van der Waals surface area contributed by atoms with Crippen LogP contribution in [0.25, 0.3) is 0 Å². The summed E-state index contributed by atoms with van der Waals surface area (Å²) in [6.45, 7) is 11.8. The van der Waals surface area contributed by atoms with Crippen molar-refractivity contribution in [1.82, 2.24) is 9.80 Å². The highest BCUT2D eigenvalue weighted by Gasteiger charge is 2.29. The highest BCUT2D eigenvalue weighted by atomic mass is 16.5. The molecule has 0 spiro atoms. The molecule has 110 valence electrons. The first-order valence-electron chi connectivity index (χ1n) is 7.25. The fraction of sp³-hybridized carbons (Fsp3) is 0.929. The van der Waals surface area contributed by atoms with E-state index in [0.717, 1.165) is 13.1 Å². The summed E-state index contributed by atoms with van der Waals surface area (Å²) in [5.41, 5.74) is 0. The zero-order valence-corrected chi connectivity index (χ0v) is 12.5. The molecule has 2 heterocycles. The maximum atomic E-state index is 12.4. The van der Waals surface area contributed by atoms with E-state index >= 15 is 0 Å². The topological polar surface area (TPSA) is 42.0 Å². The van der Waals surface area contributed by atoms with Crippen LogP contribution in [-0.2, 0) is 14.3 Å². The molecule has 0 bridgehead atoms. The van der Waals surface area contributed by atoms with E-state index in [1.54, 1.807) is 0 Å². The van der Waals surface area contributed by atoms with Gasteiger partial charge < -0.3 is 14.4 Å². The Hall–Kier alpha value is -0.650. The smallest absolute Gasteiger partial charge is 0.236 e. The Morgan fingerprint density at radius 2 is 1.32 bits per heavy atom. The van der Waals surface area contributed by atoms with Gasteiger partial charge in [0, 0.05) is 26.2 Å². The second-order valence-corrected chi connectivity index (χ2v) is 6.01. The Kier molecular flexibility index (Phi) is 4.81. The molecule has 0 aromatic rings. The molecule has 0 N–H and O–H groups in total. The summed E-state index contributed by atoms with van der Waals surface area (Å²) in [6.07, 6.45) is 0.684. The third kappa shape index (κ3) is 4.16. The Morgan fingerprint density at radius 3 is 1.79 bits per heavy atom. The second-order valence-electron chi connectivity index (χ2n) is 6.01. The van der Waals surface area contributed by atoms with E-state index in [4.69, 9.17) is 9.47 Å². The average molecular weight is 270 g/mol. The molecule has 0 aliphatic carbocycles. The van der Waals surface area contributed by atoms with Gasteiger partial charge in [0.1, 0.15) is 0 Å². The molecule has 0 radical (unpaired) electrons. The minimum atomic E-state index is 0.134. The number of ether oxygens (including phenoxy) is 2. The van der Waals surface area contributed by atoms with E-state index < -0.39 is 0 Å². The van der Waals surface area contributed by atoms with Crippen molar-refractivity contribution in [3.05, 3.63) is 0 Å². The molecule has 2 saturated heterocycles. The first-order valence-corrected chi connectivity index (χ1v) is 7.25. The highest BCUT2D eigenvalue weighted by molar-refractivity contribution is 5.78. The molecular weight excluding hydrogens is 244 g/mol. The zero-order valence-electron chi connectivity index (χ0n) is 12.5. The lowest BCUT2D eigenvalue weighted by atomic mass is 10.2. The minimum absolute atomic E-state index is 0.134. The predicted octanol–water partition coefficient (Wildman–Crippen LogP) is 0.731. The zero-order chi connectivity index (χ0) is 14.0. The molecule has 2 aliphatic rings. The summed E-state index contributed by atoms with van der Waals surface area (Å²) >= 11 is 0. The third-order valence-electron chi connectivity index (χ3n) is 3.63. The van der Waals surface area contributed by atoms with Crippen LogP contribution in [0.3, 0.4) is 0 Å². The highest BCUT2D eigenvalue weighted by Crippen LogP contribution is 2.13. The number of hydrogen-bond acceptors (Lipinski definition) is 4. The summed E-state index contributed by atoms with van der Waals surface area (Å²) in [7, 11) is 0. The molecule has 4 atom stereocenters. The molecule has 2 aliphatic heterocycles. The summed E-state index contributed by atoms with van der Waals surface area (Å²) < 4.78 is 11.4. The molecule has 5 nitrogen and oxygen atoms in total. The van der Waals surface area contributed by atoms with Crippen molar-refractivity contribution in [3.8, 4) is 0 Å². The fourth-order valence-electron chi connectivity index (χ4n) is 3.09. The van der Waals surface area contributed by atoms with Crippen molar-refractivity contribution in [3.63, 3.8) is 0 Å². The SMILES string of the molecule is CC1CN(CC(=O)N2CC(C)OC(C)C2)CC(C)O1. The molecule has 2 fully saturated rings. The number of rotatable bonds is 2. The van der Waals surface area contributed by atoms with Crippen LogP contribution in [0.15, 0.2) is 0 Å². The number of hydrogen-bond donors (Lipinski definition) is 0. The monoisotopic (exact) mass is 270 g/mol. The molecule has 1 amide bonds. The van der Waals surface area contributed by atoms with Crippen molar-refractivity contribution in [2.24, 2.45) is 0 Å². The third-order valence-corrected chi connectivity index (χ3v) is 3.63. The van der Waals surface area contributed by atoms with E-state index in [1.807, 2.05) is 18.7 Å². The van der Waals surface area contributed by atoms with Crippen molar-refractivity contribution >= 4 is 5.91 Å². The van der Waals surface area contributed by atoms with Gasteiger partial charge in [-0.1, -0.05) is 0 Å². The predicted molar refractivity (Wildman–Crippen MR) is 73.0 cm³/mol. The van der Waals surface area contributed by atoms with Crippen molar-refractivity contribution in [2.75, 3.05) is 32.7 Å². The molecule has 4 unspecified atom stereocenters. The second kappa shape index (κ2) is 6.20. The summed E-state index contributed by atoms with van der Waals surface area (Å²) in [6, 6.07) is 0. The lowest BCUT2D eigenvalue weighted by Gasteiger charge is -2.39. The van der Waals surface area contributed by atoms with E-state index in [-0.39, 0.29) is 30.3 Å². The molecule has 0 saturated carbocycles. The van der Waals surface area contributed by atoms with Gasteiger partial charge in [0.25, 0.3) is 0 Å². The van der Waals surface area contributed by atoms with Gasteiger partial charge in [0.15, 0.2) is 0 Å². The molecule has 5 heteroatoms. The van der Waals surface area contributed by atoms with E-state index in [1.165, 1.54) is 0 Å². The molecule has 19 heavy (non-hydrogen) atoms. The van der Waals surface area contributed by atoms with Crippen LogP contribution in [0.1, 0.15) is 27.7 Å². The van der Waals surface area contributed by atoms with Gasteiger partial charge in [-0.3, -0.25) is 9.69 Å². The van der Waals surface area contributed by atoms with E-state index in [2.05, 4.69) is 18.7 Å².